The second kappa shape index (κ2) is 6.42. The Hall–Kier alpha value is -1.03. The Kier molecular flexibility index (Phi) is 4.86. The van der Waals surface area contributed by atoms with Gasteiger partial charge in [-0.2, -0.15) is 0 Å². The molecule has 1 aromatic rings. The quantitative estimate of drug-likeness (QED) is 0.914. The molecule has 0 saturated carbocycles. The van der Waals surface area contributed by atoms with Crippen molar-refractivity contribution in [2.45, 2.75) is 33.2 Å². The molecule has 19 heavy (non-hydrogen) atoms. The van der Waals surface area contributed by atoms with Crippen molar-refractivity contribution < 1.29 is 4.39 Å². The first kappa shape index (κ1) is 14.4. The van der Waals surface area contributed by atoms with Crippen molar-refractivity contribution in [3.05, 3.63) is 35.1 Å². The van der Waals surface area contributed by atoms with Crippen molar-refractivity contribution in [2.24, 2.45) is 10.9 Å². The predicted molar refractivity (Wildman–Crippen MR) is 81.4 cm³/mol. The normalized spacial score (nSPS) is 21.1. The van der Waals surface area contributed by atoms with Gasteiger partial charge in [0.2, 0.25) is 0 Å². The molecule has 1 aromatic carbocycles. The van der Waals surface area contributed by atoms with E-state index in [1.807, 2.05) is 13.0 Å². The summed E-state index contributed by atoms with van der Waals surface area (Å²) in [4.78, 5) is 4.59. The molecule has 4 heteroatoms. The number of benzene rings is 1. The summed E-state index contributed by atoms with van der Waals surface area (Å²) < 4.78 is 13.0. The Morgan fingerprint density at radius 3 is 2.89 bits per heavy atom. The molecular formula is C15H21FN2S. The smallest absolute Gasteiger partial charge is 0.156 e. The standard InChI is InChI=1S/C15H21FN2S/c1-10(2)14-9-19-15(18-14)17-7-6-12-4-5-13(16)8-11(12)3/h4-5,8,10,14H,6-7,9H2,1-3H3,(H,17,18)/t14-/m1/s1. The summed E-state index contributed by atoms with van der Waals surface area (Å²) in [6, 6.07) is 5.50. The first-order chi connectivity index (χ1) is 9.06. The van der Waals surface area contributed by atoms with Crippen LogP contribution in [-0.2, 0) is 6.42 Å². The van der Waals surface area contributed by atoms with Crippen LogP contribution in [0, 0.1) is 18.7 Å². The molecule has 1 heterocycles. The molecule has 0 aliphatic carbocycles. The van der Waals surface area contributed by atoms with Crippen LogP contribution >= 0.6 is 11.8 Å². The van der Waals surface area contributed by atoms with E-state index in [4.69, 9.17) is 0 Å². The second-order valence-corrected chi connectivity index (χ2v) is 6.32. The van der Waals surface area contributed by atoms with Crippen LogP contribution in [-0.4, -0.2) is 23.5 Å². The van der Waals surface area contributed by atoms with Crippen LogP contribution in [0.4, 0.5) is 4.39 Å². The molecule has 2 rings (SSSR count). The molecule has 1 N–H and O–H groups in total. The van der Waals surface area contributed by atoms with Gasteiger partial charge in [-0.1, -0.05) is 31.7 Å². The van der Waals surface area contributed by atoms with E-state index < -0.39 is 0 Å². The van der Waals surface area contributed by atoms with Gasteiger partial charge < -0.3 is 5.32 Å². The number of amidine groups is 1. The minimum absolute atomic E-state index is 0.166. The van der Waals surface area contributed by atoms with Gasteiger partial charge in [0, 0.05) is 18.3 Å². The highest BCUT2D eigenvalue weighted by atomic mass is 32.2. The van der Waals surface area contributed by atoms with Crippen LogP contribution < -0.4 is 5.32 Å². The number of thioether (sulfide) groups is 1. The number of rotatable bonds is 4. The van der Waals surface area contributed by atoms with Crippen molar-refractivity contribution in [3.63, 3.8) is 0 Å². The minimum atomic E-state index is -0.166. The maximum Gasteiger partial charge on any atom is 0.156 e. The Morgan fingerprint density at radius 2 is 2.26 bits per heavy atom. The van der Waals surface area contributed by atoms with Gasteiger partial charge in [-0.15, -0.1) is 0 Å². The fourth-order valence-corrected chi connectivity index (χ4v) is 3.30. The third-order valence-corrected chi connectivity index (χ3v) is 4.50. The van der Waals surface area contributed by atoms with E-state index in [2.05, 4.69) is 24.2 Å². The number of nitrogens with zero attached hydrogens (tertiary/aromatic N) is 1. The molecular weight excluding hydrogens is 259 g/mol. The highest BCUT2D eigenvalue weighted by Gasteiger charge is 2.22. The van der Waals surface area contributed by atoms with Crippen LogP contribution in [0.5, 0.6) is 0 Å². The first-order valence-electron chi connectivity index (χ1n) is 6.75. The van der Waals surface area contributed by atoms with Crippen LogP contribution in [0.3, 0.4) is 0 Å². The predicted octanol–water partition coefficient (Wildman–Crippen LogP) is 3.39. The third-order valence-electron chi connectivity index (χ3n) is 3.45. The van der Waals surface area contributed by atoms with Crippen LogP contribution in [0.1, 0.15) is 25.0 Å². The number of aliphatic imine (C=N–C) groups is 1. The first-order valence-corrected chi connectivity index (χ1v) is 7.73. The molecule has 1 aliphatic heterocycles. The lowest BCUT2D eigenvalue weighted by molar-refractivity contribution is 0.503. The summed E-state index contributed by atoms with van der Waals surface area (Å²) in [5.41, 5.74) is 2.18. The molecule has 2 nitrogen and oxygen atoms in total. The van der Waals surface area contributed by atoms with Crippen molar-refractivity contribution in [3.8, 4) is 0 Å². The van der Waals surface area contributed by atoms with Crippen LogP contribution in [0.25, 0.3) is 0 Å². The number of hydrogen-bond acceptors (Lipinski definition) is 2. The average molecular weight is 280 g/mol. The Bertz CT molecular complexity index is 471. The van der Waals surface area contributed by atoms with Gasteiger partial charge in [0.05, 0.1) is 0 Å². The van der Waals surface area contributed by atoms with Crippen molar-refractivity contribution in [1.82, 2.24) is 5.32 Å². The SMILES string of the molecule is Cc1cc(F)ccc1CCN=C1N[C@@H](C(C)C)CS1. The highest BCUT2D eigenvalue weighted by molar-refractivity contribution is 8.14. The van der Waals surface area contributed by atoms with E-state index in [1.54, 1.807) is 17.8 Å². The van der Waals surface area contributed by atoms with E-state index in [0.29, 0.717) is 12.0 Å². The third kappa shape index (κ3) is 3.96. The van der Waals surface area contributed by atoms with Crippen molar-refractivity contribution in [2.75, 3.05) is 12.3 Å². The zero-order valence-electron chi connectivity index (χ0n) is 11.7. The van der Waals surface area contributed by atoms with Gasteiger partial charge in [-0.05, 0) is 42.5 Å². The second-order valence-electron chi connectivity index (χ2n) is 5.31. The van der Waals surface area contributed by atoms with Gasteiger partial charge in [0.15, 0.2) is 5.17 Å². The zero-order valence-corrected chi connectivity index (χ0v) is 12.6. The summed E-state index contributed by atoms with van der Waals surface area (Å²) >= 11 is 1.80. The molecule has 104 valence electrons. The molecule has 1 saturated heterocycles. The van der Waals surface area contributed by atoms with E-state index in [0.717, 1.165) is 29.4 Å². The molecule has 1 atom stereocenters. The number of halogens is 1. The molecule has 1 aliphatic rings. The minimum Gasteiger partial charge on any atom is -0.361 e. The number of nitrogens with one attached hydrogen (secondary N) is 1. The summed E-state index contributed by atoms with van der Waals surface area (Å²) in [6.45, 7) is 7.15. The zero-order chi connectivity index (χ0) is 13.8. The summed E-state index contributed by atoms with van der Waals surface area (Å²) in [5.74, 6) is 1.58. The summed E-state index contributed by atoms with van der Waals surface area (Å²) in [6.07, 6.45) is 0.865. The largest absolute Gasteiger partial charge is 0.361 e. The van der Waals surface area contributed by atoms with Gasteiger partial charge in [0.1, 0.15) is 5.82 Å². The Balaban J connectivity index is 1.86. The molecule has 0 radical (unpaired) electrons. The molecule has 0 bridgehead atoms. The molecule has 1 fully saturated rings. The average Bonchev–Trinajstić information content (AvgIpc) is 2.81. The lowest BCUT2D eigenvalue weighted by Gasteiger charge is -2.13. The fraction of sp³-hybridized carbons (Fsp3) is 0.533. The lowest BCUT2D eigenvalue weighted by atomic mass is 10.1. The maximum absolute atomic E-state index is 13.0. The summed E-state index contributed by atoms with van der Waals surface area (Å²) in [7, 11) is 0. The van der Waals surface area contributed by atoms with Gasteiger partial charge in [-0.25, -0.2) is 4.39 Å². The molecule has 0 aromatic heterocycles. The van der Waals surface area contributed by atoms with Crippen molar-refractivity contribution in [1.29, 1.82) is 0 Å². The molecule has 0 unspecified atom stereocenters. The van der Waals surface area contributed by atoms with E-state index in [1.165, 1.54) is 11.6 Å². The number of aryl methyl sites for hydroxylation is 1. The topological polar surface area (TPSA) is 24.4 Å². The van der Waals surface area contributed by atoms with Gasteiger partial charge in [0.25, 0.3) is 0 Å². The van der Waals surface area contributed by atoms with Crippen LogP contribution in [0.2, 0.25) is 0 Å². The summed E-state index contributed by atoms with van der Waals surface area (Å²) in [5, 5.41) is 4.51. The van der Waals surface area contributed by atoms with E-state index >= 15 is 0 Å². The van der Waals surface area contributed by atoms with Crippen LogP contribution in [0.15, 0.2) is 23.2 Å². The van der Waals surface area contributed by atoms with E-state index in [-0.39, 0.29) is 5.82 Å². The van der Waals surface area contributed by atoms with Crippen molar-refractivity contribution >= 4 is 16.9 Å². The fourth-order valence-electron chi connectivity index (χ4n) is 2.08. The molecule has 0 spiro atoms. The highest BCUT2D eigenvalue weighted by Crippen LogP contribution is 2.19. The lowest BCUT2D eigenvalue weighted by Crippen LogP contribution is -2.31. The monoisotopic (exact) mass is 280 g/mol. The van der Waals surface area contributed by atoms with Gasteiger partial charge in [-0.3, -0.25) is 4.99 Å². The number of hydrogen-bond donors (Lipinski definition) is 1. The molecule has 0 amide bonds. The van der Waals surface area contributed by atoms with E-state index in [9.17, 15) is 4.39 Å². The van der Waals surface area contributed by atoms with Gasteiger partial charge >= 0.3 is 0 Å². The Morgan fingerprint density at radius 1 is 1.47 bits per heavy atom. The Labute approximate surface area is 118 Å². The maximum atomic E-state index is 13.0.